The van der Waals surface area contributed by atoms with Crippen molar-refractivity contribution in [2.75, 3.05) is 13.7 Å². The van der Waals surface area contributed by atoms with Crippen LogP contribution in [0, 0.1) is 20.8 Å². The van der Waals surface area contributed by atoms with Crippen molar-refractivity contribution in [1.82, 2.24) is 0 Å². The van der Waals surface area contributed by atoms with E-state index >= 15 is 0 Å². The van der Waals surface area contributed by atoms with Gasteiger partial charge in [0.05, 0.1) is 19.2 Å². The van der Waals surface area contributed by atoms with Crippen LogP contribution in [0.25, 0.3) is 0 Å². The van der Waals surface area contributed by atoms with E-state index < -0.39 is 12.5 Å². The van der Waals surface area contributed by atoms with Crippen LogP contribution < -0.4 is 10.5 Å². The van der Waals surface area contributed by atoms with Gasteiger partial charge in [-0.05, 0) is 37.5 Å². The molecule has 0 saturated carbocycles. The molecule has 0 aliphatic rings. The molecule has 2 nitrogen and oxygen atoms in total. The number of hydrogen-bond donors (Lipinski definition) is 1. The monoisotopic (exact) mass is 263 g/mol. The van der Waals surface area contributed by atoms with Crippen LogP contribution in [0.1, 0.15) is 22.3 Å². The van der Waals surface area contributed by atoms with E-state index in [0.717, 1.165) is 5.56 Å². The minimum absolute atomic E-state index is 0.167. The Bertz CT molecular complexity index is 447. The Kier molecular flexibility index (Phi) is 3.99. The molecule has 96 valence electrons. The Morgan fingerprint density at radius 3 is 2.12 bits per heavy atom. The molecule has 0 aliphatic carbocycles. The van der Waals surface area contributed by atoms with Crippen LogP contribution in [0.2, 0.25) is 5.02 Å². The predicted molar refractivity (Wildman–Crippen MR) is 65.2 cm³/mol. The molecule has 1 aromatic rings. The predicted octanol–water partition coefficient (Wildman–Crippen LogP) is 3.32. The lowest BCUT2D eigenvalue weighted by Crippen LogP contribution is -2.27. The highest BCUT2D eigenvalue weighted by molar-refractivity contribution is 6.32. The van der Waals surface area contributed by atoms with Gasteiger partial charge in [-0.15, -0.1) is 0 Å². The van der Waals surface area contributed by atoms with Gasteiger partial charge in [0.1, 0.15) is 5.75 Å². The zero-order chi connectivity index (χ0) is 13.4. The van der Waals surface area contributed by atoms with Crippen molar-refractivity contribution >= 4 is 11.6 Å². The number of hydrogen-bond acceptors (Lipinski definition) is 2. The molecule has 2 N–H and O–H groups in total. The summed E-state index contributed by atoms with van der Waals surface area (Å²) in [6.45, 7) is 4.26. The zero-order valence-electron chi connectivity index (χ0n) is 10.3. The Morgan fingerprint density at radius 1 is 1.18 bits per heavy atom. The number of halogens is 3. The first kappa shape index (κ1) is 14.2. The summed E-state index contributed by atoms with van der Waals surface area (Å²) in [6, 6.07) is 0. The molecule has 0 aromatic heterocycles. The van der Waals surface area contributed by atoms with Crippen LogP contribution in [0.4, 0.5) is 8.78 Å². The normalized spacial score (nSPS) is 11.8. The molecule has 0 saturated heterocycles. The molecule has 0 atom stereocenters. The van der Waals surface area contributed by atoms with Gasteiger partial charge in [-0.2, -0.15) is 8.78 Å². The van der Waals surface area contributed by atoms with Crippen LogP contribution in [-0.4, -0.2) is 13.7 Å². The van der Waals surface area contributed by atoms with E-state index in [1.165, 1.54) is 7.11 Å². The zero-order valence-corrected chi connectivity index (χ0v) is 11.1. The van der Waals surface area contributed by atoms with Crippen LogP contribution >= 0.6 is 11.6 Å². The maximum atomic E-state index is 13.8. The average molecular weight is 264 g/mol. The fourth-order valence-corrected chi connectivity index (χ4v) is 2.12. The van der Waals surface area contributed by atoms with E-state index in [2.05, 4.69) is 0 Å². The van der Waals surface area contributed by atoms with E-state index in [1.807, 2.05) is 0 Å². The minimum atomic E-state index is -3.14. The summed E-state index contributed by atoms with van der Waals surface area (Å²) in [4.78, 5) is 0. The lowest BCUT2D eigenvalue weighted by Gasteiger charge is -2.24. The van der Waals surface area contributed by atoms with E-state index in [0.29, 0.717) is 16.1 Å². The maximum Gasteiger partial charge on any atom is 0.289 e. The third-order valence-electron chi connectivity index (χ3n) is 2.99. The van der Waals surface area contributed by atoms with Gasteiger partial charge in [0.2, 0.25) is 0 Å². The van der Waals surface area contributed by atoms with Gasteiger partial charge in [0, 0.05) is 5.02 Å². The van der Waals surface area contributed by atoms with E-state index in [-0.39, 0.29) is 11.3 Å². The largest absolute Gasteiger partial charge is 0.496 e. The third-order valence-corrected chi connectivity index (χ3v) is 3.56. The lowest BCUT2D eigenvalue weighted by atomic mass is 9.94. The molecule has 0 bridgehead atoms. The fourth-order valence-electron chi connectivity index (χ4n) is 1.88. The molecule has 1 rings (SSSR count). The smallest absolute Gasteiger partial charge is 0.289 e. The molecule has 17 heavy (non-hydrogen) atoms. The molecule has 0 fully saturated rings. The quantitative estimate of drug-likeness (QED) is 0.908. The second-order valence-electron chi connectivity index (χ2n) is 4.01. The van der Waals surface area contributed by atoms with Crippen molar-refractivity contribution in [3.8, 4) is 5.75 Å². The number of methoxy groups -OCH3 is 1. The molecule has 0 heterocycles. The SMILES string of the molecule is COc1c(C)c(C)c(Cl)c(C)c1C(F)(F)CN. The Morgan fingerprint density at radius 2 is 1.71 bits per heavy atom. The minimum Gasteiger partial charge on any atom is -0.496 e. The summed E-state index contributed by atoms with van der Waals surface area (Å²) in [6.07, 6.45) is 0. The van der Waals surface area contributed by atoms with Crippen LogP contribution in [0.5, 0.6) is 5.75 Å². The van der Waals surface area contributed by atoms with Crippen molar-refractivity contribution in [3.05, 3.63) is 27.3 Å². The summed E-state index contributed by atoms with van der Waals surface area (Å²) >= 11 is 6.05. The number of alkyl halides is 2. The molecule has 1 aromatic carbocycles. The maximum absolute atomic E-state index is 13.8. The summed E-state index contributed by atoms with van der Waals surface area (Å²) < 4.78 is 32.7. The summed E-state index contributed by atoms with van der Waals surface area (Å²) in [5, 5.41) is 0.339. The Balaban J connectivity index is 3.70. The first-order chi connectivity index (χ1) is 7.77. The Labute approximate surface area is 105 Å². The summed E-state index contributed by atoms with van der Waals surface area (Å²) in [5.74, 6) is -2.97. The molecule has 0 radical (unpaired) electrons. The number of nitrogens with two attached hydrogens (primary N) is 1. The number of ether oxygens (including phenoxy) is 1. The highest BCUT2D eigenvalue weighted by atomic mass is 35.5. The molecular formula is C12H16ClF2NO. The van der Waals surface area contributed by atoms with Gasteiger partial charge >= 0.3 is 0 Å². The first-order valence-corrected chi connectivity index (χ1v) is 5.57. The topological polar surface area (TPSA) is 35.2 Å². The van der Waals surface area contributed by atoms with Crippen LogP contribution in [0.3, 0.4) is 0 Å². The van der Waals surface area contributed by atoms with E-state index in [4.69, 9.17) is 22.1 Å². The van der Waals surface area contributed by atoms with Crippen molar-refractivity contribution in [3.63, 3.8) is 0 Å². The molecule has 0 amide bonds. The first-order valence-electron chi connectivity index (χ1n) is 5.19. The highest BCUT2D eigenvalue weighted by Gasteiger charge is 2.37. The van der Waals surface area contributed by atoms with E-state index in [1.54, 1.807) is 20.8 Å². The van der Waals surface area contributed by atoms with Crippen molar-refractivity contribution in [2.24, 2.45) is 5.73 Å². The van der Waals surface area contributed by atoms with Crippen molar-refractivity contribution in [1.29, 1.82) is 0 Å². The molecular weight excluding hydrogens is 248 g/mol. The summed E-state index contributed by atoms with van der Waals surface area (Å²) in [5.41, 5.74) is 6.59. The highest BCUT2D eigenvalue weighted by Crippen LogP contribution is 2.43. The van der Waals surface area contributed by atoms with Gasteiger partial charge < -0.3 is 10.5 Å². The summed E-state index contributed by atoms with van der Waals surface area (Å²) in [7, 11) is 1.37. The second-order valence-corrected chi connectivity index (χ2v) is 4.38. The van der Waals surface area contributed by atoms with Gasteiger partial charge in [-0.1, -0.05) is 11.6 Å². The number of rotatable bonds is 3. The standard InChI is InChI=1S/C12H16ClF2NO/c1-6-7(2)11(17-4)9(8(3)10(6)13)12(14,15)5-16/h5,16H2,1-4H3. The van der Waals surface area contributed by atoms with Crippen molar-refractivity contribution < 1.29 is 13.5 Å². The van der Waals surface area contributed by atoms with Crippen LogP contribution in [-0.2, 0) is 5.92 Å². The fraction of sp³-hybridized carbons (Fsp3) is 0.500. The van der Waals surface area contributed by atoms with Gasteiger partial charge in [-0.3, -0.25) is 0 Å². The average Bonchev–Trinajstić information content (AvgIpc) is 2.30. The molecule has 5 heteroatoms. The van der Waals surface area contributed by atoms with Crippen LogP contribution in [0.15, 0.2) is 0 Å². The lowest BCUT2D eigenvalue weighted by molar-refractivity contribution is 0.00295. The molecule has 0 spiro atoms. The van der Waals surface area contributed by atoms with Crippen molar-refractivity contribution in [2.45, 2.75) is 26.7 Å². The van der Waals surface area contributed by atoms with Gasteiger partial charge in [0.25, 0.3) is 5.92 Å². The van der Waals surface area contributed by atoms with E-state index in [9.17, 15) is 8.78 Å². The second kappa shape index (κ2) is 4.78. The molecule has 0 aliphatic heterocycles. The van der Waals surface area contributed by atoms with Gasteiger partial charge in [-0.25, -0.2) is 0 Å². The third kappa shape index (κ3) is 2.24. The number of benzene rings is 1. The molecule has 0 unspecified atom stereocenters. The Hall–Kier alpha value is -0.870. The van der Waals surface area contributed by atoms with Gasteiger partial charge in [0.15, 0.2) is 0 Å².